The monoisotopic (exact) mass is 290 g/mol. The van der Waals surface area contributed by atoms with Crippen molar-refractivity contribution in [2.45, 2.75) is 38.6 Å². The van der Waals surface area contributed by atoms with E-state index >= 15 is 0 Å². The lowest BCUT2D eigenvalue weighted by Gasteiger charge is -2.28. The van der Waals surface area contributed by atoms with Gasteiger partial charge in [-0.3, -0.25) is 4.79 Å². The van der Waals surface area contributed by atoms with Crippen LogP contribution in [-0.2, 0) is 0 Å². The molecule has 5 heteroatoms. The van der Waals surface area contributed by atoms with Crippen molar-refractivity contribution in [3.05, 3.63) is 39.9 Å². The Hall–Kier alpha value is -1.62. The van der Waals surface area contributed by atoms with Crippen LogP contribution < -0.4 is 0 Å². The van der Waals surface area contributed by atoms with Gasteiger partial charge >= 0.3 is 0 Å². The van der Waals surface area contributed by atoms with Crippen LogP contribution in [0.2, 0.25) is 0 Å². The minimum atomic E-state index is 0.0459. The highest BCUT2D eigenvalue weighted by molar-refractivity contribution is 7.12. The van der Waals surface area contributed by atoms with E-state index in [1.54, 1.807) is 0 Å². The largest absolute Gasteiger partial charge is 0.361 e. The van der Waals surface area contributed by atoms with Gasteiger partial charge in [-0.25, -0.2) is 0 Å². The van der Waals surface area contributed by atoms with Crippen molar-refractivity contribution in [1.29, 1.82) is 0 Å². The third-order valence-corrected chi connectivity index (χ3v) is 4.59. The third kappa shape index (κ3) is 2.63. The average molecular weight is 290 g/mol. The minimum Gasteiger partial charge on any atom is -0.361 e. The Morgan fingerprint density at radius 1 is 1.45 bits per heavy atom. The number of likely N-dealkylation sites (tertiary alicyclic amines) is 1. The maximum absolute atomic E-state index is 12.7. The summed E-state index contributed by atoms with van der Waals surface area (Å²) in [7, 11) is 0. The van der Waals surface area contributed by atoms with Crippen LogP contribution in [-0.4, -0.2) is 22.5 Å². The number of aromatic nitrogens is 1. The molecule has 1 atom stereocenters. The number of carbonyl (C=O) groups is 1. The SMILES string of the molecule is Cc1cc([C@@H]2CCCCCN2C(=O)c2cccs2)no1. The summed E-state index contributed by atoms with van der Waals surface area (Å²) in [6.07, 6.45) is 4.32. The maximum atomic E-state index is 12.7. The van der Waals surface area contributed by atoms with E-state index in [0.717, 1.165) is 42.1 Å². The van der Waals surface area contributed by atoms with E-state index in [0.29, 0.717) is 0 Å². The quantitative estimate of drug-likeness (QED) is 0.845. The molecule has 1 fully saturated rings. The number of aryl methyl sites for hydroxylation is 1. The predicted octanol–water partition coefficient (Wildman–Crippen LogP) is 3.80. The average Bonchev–Trinajstić information content (AvgIpc) is 3.05. The lowest BCUT2D eigenvalue weighted by atomic mass is 10.1. The zero-order valence-electron chi connectivity index (χ0n) is 11.5. The summed E-state index contributed by atoms with van der Waals surface area (Å²) in [5.74, 6) is 0.917. The first-order valence-electron chi connectivity index (χ1n) is 7.03. The molecule has 106 valence electrons. The standard InChI is InChI=1S/C15H18N2O2S/c1-11-10-12(16-19-11)13-6-3-2-4-8-17(13)15(18)14-7-5-9-20-14/h5,7,9-10,13H,2-4,6,8H2,1H3/t13-/m0/s1. The fourth-order valence-electron chi connectivity index (χ4n) is 2.74. The van der Waals surface area contributed by atoms with Gasteiger partial charge in [0.15, 0.2) is 0 Å². The molecule has 3 heterocycles. The molecule has 4 nitrogen and oxygen atoms in total. The molecule has 0 aliphatic carbocycles. The molecule has 2 aromatic rings. The van der Waals surface area contributed by atoms with Gasteiger partial charge in [0.05, 0.1) is 10.9 Å². The maximum Gasteiger partial charge on any atom is 0.264 e. The highest BCUT2D eigenvalue weighted by Gasteiger charge is 2.29. The van der Waals surface area contributed by atoms with Crippen molar-refractivity contribution in [2.75, 3.05) is 6.54 Å². The van der Waals surface area contributed by atoms with Gasteiger partial charge in [-0.2, -0.15) is 0 Å². The van der Waals surface area contributed by atoms with E-state index in [1.807, 2.05) is 35.4 Å². The van der Waals surface area contributed by atoms with Crippen LogP contribution in [0.3, 0.4) is 0 Å². The molecule has 1 amide bonds. The summed E-state index contributed by atoms with van der Waals surface area (Å²) in [6.45, 7) is 2.69. The number of carbonyl (C=O) groups excluding carboxylic acids is 1. The van der Waals surface area contributed by atoms with Gasteiger partial charge in [0, 0.05) is 12.6 Å². The Balaban J connectivity index is 1.89. The van der Waals surface area contributed by atoms with Crippen molar-refractivity contribution in [3.8, 4) is 0 Å². The second-order valence-corrected chi connectivity index (χ2v) is 6.15. The van der Waals surface area contributed by atoms with Crippen LogP contribution in [0.4, 0.5) is 0 Å². The van der Waals surface area contributed by atoms with Gasteiger partial charge in [0.1, 0.15) is 11.5 Å². The highest BCUT2D eigenvalue weighted by Crippen LogP contribution is 2.31. The summed E-state index contributed by atoms with van der Waals surface area (Å²) < 4.78 is 5.19. The second kappa shape index (κ2) is 5.79. The molecule has 1 aliphatic rings. The molecule has 1 aliphatic heterocycles. The van der Waals surface area contributed by atoms with Crippen LogP contribution >= 0.6 is 11.3 Å². The van der Waals surface area contributed by atoms with Crippen molar-refractivity contribution >= 4 is 17.2 Å². The van der Waals surface area contributed by atoms with E-state index in [9.17, 15) is 4.79 Å². The van der Waals surface area contributed by atoms with Crippen molar-refractivity contribution < 1.29 is 9.32 Å². The van der Waals surface area contributed by atoms with E-state index in [1.165, 1.54) is 17.8 Å². The smallest absolute Gasteiger partial charge is 0.264 e. The number of nitrogens with zero attached hydrogens (tertiary/aromatic N) is 2. The molecular formula is C15H18N2O2S. The van der Waals surface area contributed by atoms with E-state index in [2.05, 4.69) is 5.16 Å². The predicted molar refractivity (Wildman–Crippen MR) is 77.8 cm³/mol. The Morgan fingerprint density at radius 3 is 3.05 bits per heavy atom. The first kappa shape index (κ1) is 13.4. The number of thiophene rings is 1. The topological polar surface area (TPSA) is 46.3 Å². The van der Waals surface area contributed by atoms with Crippen molar-refractivity contribution in [2.24, 2.45) is 0 Å². The Morgan fingerprint density at radius 2 is 2.35 bits per heavy atom. The summed E-state index contributed by atoms with van der Waals surface area (Å²) in [5, 5.41) is 6.07. The molecule has 0 N–H and O–H groups in total. The number of hydrogen-bond acceptors (Lipinski definition) is 4. The molecule has 20 heavy (non-hydrogen) atoms. The Labute approximate surface area is 122 Å². The van der Waals surface area contributed by atoms with Gasteiger partial charge in [0.25, 0.3) is 5.91 Å². The Bertz CT molecular complexity index is 576. The third-order valence-electron chi connectivity index (χ3n) is 3.73. The van der Waals surface area contributed by atoms with E-state index < -0.39 is 0 Å². The number of rotatable bonds is 2. The van der Waals surface area contributed by atoms with Crippen molar-refractivity contribution in [3.63, 3.8) is 0 Å². The minimum absolute atomic E-state index is 0.0459. The first-order valence-corrected chi connectivity index (χ1v) is 7.91. The van der Waals surface area contributed by atoms with Gasteiger partial charge in [0.2, 0.25) is 0 Å². The zero-order valence-corrected chi connectivity index (χ0v) is 12.4. The van der Waals surface area contributed by atoms with Crippen LogP contribution in [0.25, 0.3) is 0 Å². The molecule has 0 saturated carbocycles. The van der Waals surface area contributed by atoms with E-state index in [4.69, 9.17) is 4.52 Å². The summed E-state index contributed by atoms with van der Waals surface area (Å²) in [6, 6.07) is 5.81. The van der Waals surface area contributed by atoms with Gasteiger partial charge in [-0.15, -0.1) is 11.3 Å². The lowest BCUT2D eigenvalue weighted by Crippen LogP contribution is -2.34. The lowest BCUT2D eigenvalue weighted by molar-refractivity contribution is 0.0679. The summed E-state index contributed by atoms with van der Waals surface area (Å²) in [4.78, 5) is 15.5. The Kier molecular flexibility index (Phi) is 3.87. The molecule has 3 rings (SSSR count). The van der Waals surface area contributed by atoms with Gasteiger partial charge in [-0.05, 0) is 31.2 Å². The normalized spacial score (nSPS) is 19.9. The molecule has 0 spiro atoms. The number of amides is 1. The first-order chi connectivity index (χ1) is 9.75. The summed E-state index contributed by atoms with van der Waals surface area (Å²) >= 11 is 1.50. The molecule has 0 aromatic carbocycles. The number of hydrogen-bond donors (Lipinski definition) is 0. The molecule has 0 radical (unpaired) electrons. The highest BCUT2D eigenvalue weighted by atomic mass is 32.1. The molecule has 2 aromatic heterocycles. The zero-order chi connectivity index (χ0) is 13.9. The fourth-order valence-corrected chi connectivity index (χ4v) is 3.42. The van der Waals surface area contributed by atoms with Crippen LogP contribution in [0.1, 0.15) is 52.9 Å². The fraction of sp³-hybridized carbons (Fsp3) is 0.467. The van der Waals surface area contributed by atoms with Gasteiger partial charge < -0.3 is 9.42 Å². The van der Waals surface area contributed by atoms with Crippen LogP contribution in [0.5, 0.6) is 0 Å². The van der Waals surface area contributed by atoms with Crippen molar-refractivity contribution in [1.82, 2.24) is 10.1 Å². The van der Waals surface area contributed by atoms with Crippen LogP contribution in [0.15, 0.2) is 28.1 Å². The molecule has 1 saturated heterocycles. The molecular weight excluding hydrogens is 272 g/mol. The second-order valence-electron chi connectivity index (χ2n) is 5.20. The molecule has 0 unspecified atom stereocenters. The molecule has 0 bridgehead atoms. The van der Waals surface area contributed by atoms with Gasteiger partial charge in [-0.1, -0.05) is 24.1 Å². The van der Waals surface area contributed by atoms with E-state index in [-0.39, 0.29) is 11.9 Å². The van der Waals surface area contributed by atoms with Crippen LogP contribution in [0, 0.1) is 6.92 Å². The summed E-state index contributed by atoms with van der Waals surface area (Å²) in [5.41, 5.74) is 0.884.